The Morgan fingerprint density at radius 3 is 2.43 bits per heavy atom. The fourth-order valence-electron chi connectivity index (χ4n) is 3.88. The summed E-state index contributed by atoms with van der Waals surface area (Å²) in [6.07, 6.45) is 1.57. The Kier molecular flexibility index (Phi) is 7.88. The summed E-state index contributed by atoms with van der Waals surface area (Å²) in [6.45, 7) is 9.70. The van der Waals surface area contributed by atoms with Crippen molar-refractivity contribution in [1.82, 2.24) is 10.2 Å². The van der Waals surface area contributed by atoms with Gasteiger partial charge < -0.3 is 15.2 Å². The van der Waals surface area contributed by atoms with Gasteiger partial charge in [-0.1, -0.05) is 44.2 Å². The first-order valence-corrected chi connectivity index (χ1v) is 10.9. The molecule has 0 atom stereocenters. The highest BCUT2D eigenvalue weighted by molar-refractivity contribution is 5.77. The predicted molar refractivity (Wildman–Crippen MR) is 120 cm³/mol. The first-order chi connectivity index (χ1) is 14.4. The van der Waals surface area contributed by atoms with Gasteiger partial charge in [0.15, 0.2) is 6.61 Å². The SMILES string of the molecule is Cc1cc(OCC(=O)NCc2ccc(CN3CCC(O)CC3)cc2)ccc1C(C)C. The molecule has 5 heteroatoms. The summed E-state index contributed by atoms with van der Waals surface area (Å²) in [6, 6.07) is 14.3. The van der Waals surface area contributed by atoms with Crippen molar-refractivity contribution in [2.24, 2.45) is 0 Å². The van der Waals surface area contributed by atoms with E-state index in [0.717, 1.165) is 43.8 Å². The summed E-state index contributed by atoms with van der Waals surface area (Å²) in [7, 11) is 0. The van der Waals surface area contributed by atoms with Crippen molar-refractivity contribution in [2.75, 3.05) is 19.7 Å². The molecule has 0 spiro atoms. The van der Waals surface area contributed by atoms with Crippen LogP contribution in [0.1, 0.15) is 54.9 Å². The molecular weight excluding hydrogens is 376 g/mol. The standard InChI is InChI=1S/C25H34N2O3/c1-18(2)24-9-8-23(14-19(24)3)30-17-25(29)26-15-20-4-6-21(7-5-20)16-27-12-10-22(28)11-13-27/h4-9,14,18,22,28H,10-13,15-17H2,1-3H3,(H,26,29). The third-order valence-corrected chi connectivity index (χ3v) is 5.71. The molecule has 1 aliphatic heterocycles. The van der Waals surface area contributed by atoms with Crippen molar-refractivity contribution in [3.05, 3.63) is 64.7 Å². The number of aliphatic hydroxyl groups is 1. The Labute approximate surface area is 180 Å². The molecule has 0 bridgehead atoms. The number of rotatable bonds is 8. The zero-order valence-electron chi connectivity index (χ0n) is 18.4. The first kappa shape index (κ1) is 22.3. The smallest absolute Gasteiger partial charge is 0.258 e. The minimum atomic E-state index is -0.139. The monoisotopic (exact) mass is 410 g/mol. The average molecular weight is 411 g/mol. The zero-order valence-corrected chi connectivity index (χ0v) is 18.4. The van der Waals surface area contributed by atoms with E-state index in [1.54, 1.807) is 0 Å². The van der Waals surface area contributed by atoms with E-state index in [1.165, 1.54) is 16.7 Å². The van der Waals surface area contributed by atoms with Crippen LogP contribution in [-0.4, -0.2) is 41.7 Å². The van der Waals surface area contributed by atoms with Gasteiger partial charge in [0.2, 0.25) is 0 Å². The van der Waals surface area contributed by atoms with Crippen molar-refractivity contribution >= 4 is 5.91 Å². The summed E-state index contributed by atoms with van der Waals surface area (Å²) in [4.78, 5) is 14.5. The normalized spacial score (nSPS) is 15.4. The molecule has 30 heavy (non-hydrogen) atoms. The molecule has 1 saturated heterocycles. The van der Waals surface area contributed by atoms with Crippen LogP contribution in [0.5, 0.6) is 5.75 Å². The van der Waals surface area contributed by atoms with E-state index in [0.29, 0.717) is 12.5 Å². The minimum Gasteiger partial charge on any atom is -0.484 e. The highest BCUT2D eigenvalue weighted by Crippen LogP contribution is 2.23. The second kappa shape index (κ2) is 10.6. The van der Waals surface area contributed by atoms with Crippen LogP contribution in [0.2, 0.25) is 0 Å². The van der Waals surface area contributed by atoms with Gasteiger partial charge in [-0.3, -0.25) is 9.69 Å². The van der Waals surface area contributed by atoms with Crippen LogP contribution in [0.3, 0.4) is 0 Å². The number of likely N-dealkylation sites (tertiary alicyclic amines) is 1. The lowest BCUT2D eigenvalue weighted by Crippen LogP contribution is -2.35. The maximum atomic E-state index is 12.1. The highest BCUT2D eigenvalue weighted by Gasteiger charge is 2.16. The molecule has 2 aromatic rings. The van der Waals surface area contributed by atoms with Crippen molar-refractivity contribution < 1.29 is 14.6 Å². The number of hydrogen-bond donors (Lipinski definition) is 2. The number of carbonyl (C=O) groups is 1. The number of aliphatic hydroxyl groups excluding tert-OH is 1. The van der Waals surface area contributed by atoms with Crippen molar-refractivity contribution in [3.8, 4) is 5.75 Å². The van der Waals surface area contributed by atoms with Gasteiger partial charge in [-0.2, -0.15) is 0 Å². The van der Waals surface area contributed by atoms with Crippen LogP contribution in [0.25, 0.3) is 0 Å². The van der Waals surface area contributed by atoms with Gasteiger partial charge in [0, 0.05) is 26.2 Å². The molecule has 0 saturated carbocycles. The summed E-state index contributed by atoms with van der Waals surface area (Å²) in [5.41, 5.74) is 4.81. The fraction of sp³-hybridized carbons (Fsp3) is 0.480. The van der Waals surface area contributed by atoms with Gasteiger partial charge >= 0.3 is 0 Å². The van der Waals surface area contributed by atoms with Crippen molar-refractivity contribution in [2.45, 2.75) is 58.7 Å². The van der Waals surface area contributed by atoms with Gasteiger partial charge in [0.05, 0.1) is 6.10 Å². The number of nitrogens with one attached hydrogen (secondary N) is 1. The van der Waals surface area contributed by atoms with Crippen LogP contribution in [0.15, 0.2) is 42.5 Å². The molecule has 0 unspecified atom stereocenters. The molecule has 1 heterocycles. The summed E-state index contributed by atoms with van der Waals surface area (Å²) >= 11 is 0. The van der Waals surface area contributed by atoms with E-state index < -0.39 is 0 Å². The summed E-state index contributed by atoms with van der Waals surface area (Å²) in [5, 5.41) is 12.5. The van der Waals surface area contributed by atoms with Gasteiger partial charge in [-0.15, -0.1) is 0 Å². The molecule has 5 nitrogen and oxygen atoms in total. The third kappa shape index (κ3) is 6.57. The van der Waals surface area contributed by atoms with Crippen LogP contribution >= 0.6 is 0 Å². The van der Waals surface area contributed by atoms with Gasteiger partial charge in [0.1, 0.15) is 5.75 Å². The molecule has 1 amide bonds. The first-order valence-electron chi connectivity index (χ1n) is 10.9. The Morgan fingerprint density at radius 1 is 1.13 bits per heavy atom. The molecule has 3 rings (SSSR count). The van der Waals surface area contributed by atoms with Crippen LogP contribution < -0.4 is 10.1 Å². The van der Waals surface area contributed by atoms with Gasteiger partial charge in [-0.25, -0.2) is 0 Å². The van der Waals surface area contributed by atoms with E-state index in [-0.39, 0.29) is 18.6 Å². The van der Waals surface area contributed by atoms with E-state index in [1.807, 2.05) is 12.1 Å². The number of carbonyl (C=O) groups excluding carboxylic acids is 1. The Balaban J connectivity index is 1.40. The van der Waals surface area contributed by atoms with E-state index >= 15 is 0 Å². The summed E-state index contributed by atoms with van der Waals surface area (Å²) < 4.78 is 5.65. The molecule has 162 valence electrons. The Hall–Kier alpha value is -2.37. The second-order valence-corrected chi connectivity index (χ2v) is 8.56. The largest absolute Gasteiger partial charge is 0.484 e. The fourth-order valence-corrected chi connectivity index (χ4v) is 3.88. The molecule has 1 aliphatic rings. The lowest BCUT2D eigenvalue weighted by Gasteiger charge is -2.29. The zero-order chi connectivity index (χ0) is 21.5. The van der Waals surface area contributed by atoms with E-state index in [2.05, 4.69) is 61.3 Å². The quantitative estimate of drug-likeness (QED) is 0.695. The lowest BCUT2D eigenvalue weighted by molar-refractivity contribution is -0.123. The van der Waals surface area contributed by atoms with Crippen LogP contribution in [0.4, 0.5) is 0 Å². The molecule has 2 aromatic carbocycles. The van der Waals surface area contributed by atoms with Crippen molar-refractivity contribution in [3.63, 3.8) is 0 Å². The van der Waals surface area contributed by atoms with Crippen LogP contribution in [-0.2, 0) is 17.9 Å². The predicted octanol–water partition coefficient (Wildman–Crippen LogP) is 3.77. The Bertz CT molecular complexity index is 825. The van der Waals surface area contributed by atoms with Crippen LogP contribution in [0, 0.1) is 6.92 Å². The number of aryl methyl sites for hydroxylation is 1. The Morgan fingerprint density at radius 2 is 1.80 bits per heavy atom. The second-order valence-electron chi connectivity index (χ2n) is 8.56. The maximum Gasteiger partial charge on any atom is 0.258 e. The van der Waals surface area contributed by atoms with Gasteiger partial charge in [0.25, 0.3) is 5.91 Å². The molecule has 0 aromatic heterocycles. The molecule has 0 aliphatic carbocycles. The average Bonchev–Trinajstić information content (AvgIpc) is 2.73. The number of nitrogens with zero attached hydrogens (tertiary/aromatic N) is 1. The minimum absolute atomic E-state index is 0.0133. The topological polar surface area (TPSA) is 61.8 Å². The lowest BCUT2D eigenvalue weighted by atomic mass is 9.98. The third-order valence-electron chi connectivity index (χ3n) is 5.71. The maximum absolute atomic E-state index is 12.1. The number of benzene rings is 2. The molecular formula is C25H34N2O3. The molecule has 0 radical (unpaired) electrons. The number of amides is 1. The number of piperidine rings is 1. The van der Waals surface area contributed by atoms with E-state index in [4.69, 9.17) is 4.74 Å². The number of hydrogen-bond acceptors (Lipinski definition) is 4. The molecule has 1 fully saturated rings. The van der Waals surface area contributed by atoms with Crippen molar-refractivity contribution in [1.29, 1.82) is 0 Å². The van der Waals surface area contributed by atoms with Gasteiger partial charge in [-0.05, 0) is 60.1 Å². The highest BCUT2D eigenvalue weighted by atomic mass is 16.5. The molecule has 2 N–H and O–H groups in total. The number of ether oxygens (including phenoxy) is 1. The van der Waals surface area contributed by atoms with E-state index in [9.17, 15) is 9.90 Å². The summed E-state index contributed by atoms with van der Waals surface area (Å²) in [5.74, 6) is 1.07.